The van der Waals surface area contributed by atoms with Crippen molar-refractivity contribution in [3.05, 3.63) is 24.2 Å². The monoisotopic (exact) mass is 225 g/mol. The van der Waals surface area contributed by atoms with Crippen molar-refractivity contribution in [1.29, 1.82) is 0 Å². The van der Waals surface area contributed by atoms with E-state index in [-0.39, 0.29) is 6.10 Å². The van der Waals surface area contributed by atoms with Gasteiger partial charge in [0.15, 0.2) is 0 Å². The maximum Gasteiger partial charge on any atom is 0.0935 e. The first-order valence-corrected chi connectivity index (χ1v) is 6.11. The molecule has 2 unspecified atom stereocenters. The van der Waals surface area contributed by atoms with E-state index in [0.29, 0.717) is 6.04 Å². The maximum atomic E-state index is 5.79. The van der Waals surface area contributed by atoms with E-state index in [4.69, 9.17) is 9.15 Å². The van der Waals surface area contributed by atoms with Crippen LogP contribution < -0.4 is 5.32 Å². The Morgan fingerprint density at radius 1 is 1.44 bits per heavy atom. The molecule has 0 saturated heterocycles. The summed E-state index contributed by atoms with van der Waals surface area (Å²) < 4.78 is 10.9. The molecule has 0 radical (unpaired) electrons. The minimum atomic E-state index is 0.287. The second-order valence-corrected chi connectivity index (χ2v) is 4.01. The van der Waals surface area contributed by atoms with E-state index in [1.807, 2.05) is 20.0 Å². The van der Waals surface area contributed by atoms with Crippen molar-refractivity contribution in [3.8, 4) is 0 Å². The topological polar surface area (TPSA) is 34.4 Å². The van der Waals surface area contributed by atoms with E-state index in [1.54, 1.807) is 12.5 Å². The second kappa shape index (κ2) is 7.47. The third-order valence-electron chi connectivity index (χ3n) is 2.81. The molecule has 92 valence electrons. The Hall–Kier alpha value is -0.800. The molecule has 1 aromatic rings. The average molecular weight is 225 g/mol. The first kappa shape index (κ1) is 13.3. The highest BCUT2D eigenvalue weighted by molar-refractivity contribution is 5.08. The zero-order valence-corrected chi connectivity index (χ0v) is 10.5. The molecular weight excluding hydrogens is 202 g/mol. The average Bonchev–Trinajstić information content (AvgIpc) is 2.78. The predicted octanol–water partition coefficient (Wildman–Crippen LogP) is 2.62. The Bertz CT molecular complexity index is 253. The Balaban J connectivity index is 2.55. The Morgan fingerprint density at radius 3 is 2.75 bits per heavy atom. The SMILES string of the molecule is CCCC(OCC)C(Cc1ccoc1)NC. The molecule has 1 N–H and O–H groups in total. The third-order valence-corrected chi connectivity index (χ3v) is 2.81. The van der Waals surface area contributed by atoms with Gasteiger partial charge in [0, 0.05) is 12.6 Å². The molecule has 0 aromatic carbocycles. The third kappa shape index (κ3) is 3.99. The molecule has 0 amide bonds. The highest BCUT2D eigenvalue weighted by atomic mass is 16.5. The molecule has 1 rings (SSSR count). The fourth-order valence-corrected chi connectivity index (χ4v) is 1.98. The van der Waals surface area contributed by atoms with Gasteiger partial charge in [-0.15, -0.1) is 0 Å². The quantitative estimate of drug-likeness (QED) is 0.738. The van der Waals surface area contributed by atoms with E-state index < -0.39 is 0 Å². The second-order valence-electron chi connectivity index (χ2n) is 4.01. The zero-order chi connectivity index (χ0) is 11.8. The fraction of sp³-hybridized carbons (Fsp3) is 0.692. The molecule has 1 aromatic heterocycles. The molecule has 0 aliphatic heterocycles. The summed E-state index contributed by atoms with van der Waals surface area (Å²) in [5, 5.41) is 3.34. The minimum Gasteiger partial charge on any atom is -0.472 e. The van der Waals surface area contributed by atoms with Crippen molar-refractivity contribution in [1.82, 2.24) is 5.32 Å². The van der Waals surface area contributed by atoms with Gasteiger partial charge in [0.2, 0.25) is 0 Å². The van der Waals surface area contributed by atoms with Gasteiger partial charge in [0.1, 0.15) is 0 Å². The summed E-state index contributed by atoms with van der Waals surface area (Å²) in [6.45, 7) is 5.01. The zero-order valence-electron chi connectivity index (χ0n) is 10.5. The molecule has 3 heteroatoms. The minimum absolute atomic E-state index is 0.287. The molecule has 3 nitrogen and oxygen atoms in total. The van der Waals surface area contributed by atoms with Crippen LogP contribution in [0.1, 0.15) is 32.3 Å². The van der Waals surface area contributed by atoms with E-state index in [0.717, 1.165) is 25.9 Å². The molecule has 0 aliphatic carbocycles. The lowest BCUT2D eigenvalue weighted by atomic mass is 10.00. The maximum absolute atomic E-state index is 5.79. The van der Waals surface area contributed by atoms with E-state index >= 15 is 0 Å². The number of furan rings is 1. The Morgan fingerprint density at radius 2 is 2.25 bits per heavy atom. The van der Waals surface area contributed by atoms with Crippen LogP contribution in [0, 0.1) is 0 Å². The van der Waals surface area contributed by atoms with Crippen molar-refractivity contribution in [2.45, 2.75) is 45.3 Å². The van der Waals surface area contributed by atoms with Crippen molar-refractivity contribution < 1.29 is 9.15 Å². The van der Waals surface area contributed by atoms with E-state index in [2.05, 4.69) is 12.2 Å². The fourth-order valence-electron chi connectivity index (χ4n) is 1.98. The number of likely N-dealkylation sites (N-methyl/N-ethyl adjacent to an activating group) is 1. The van der Waals surface area contributed by atoms with Crippen molar-refractivity contribution in [2.24, 2.45) is 0 Å². The number of hydrogen-bond donors (Lipinski definition) is 1. The van der Waals surface area contributed by atoms with Crippen LogP contribution in [0.15, 0.2) is 23.0 Å². The van der Waals surface area contributed by atoms with E-state index in [1.165, 1.54) is 5.56 Å². The smallest absolute Gasteiger partial charge is 0.0935 e. The molecule has 0 bridgehead atoms. The lowest BCUT2D eigenvalue weighted by molar-refractivity contribution is 0.0300. The van der Waals surface area contributed by atoms with Gasteiger partial charge < -0.3 is 14.5 Å². The molecule has 0 aliphatic rings. The summed E-state index contributed by atoms with van der Waals surface area (Å²) in [6, 6.07) is 2.37. The van der Waals surface area contributed by atoms with Crippen LogP contribution in [-0.4, -0.2) is 25.8 Å². The van der Waals surface area contributed by atoms with Crippen molar-refractivity contribution in [3.63, 3.8) is 0 Å². The lowest BCUT2D eigenvalue weighted by Gasteiger charge is -2.26. The normalized spacial score (nSPS) is 14.9. The van der Waals surface area contributed by atoms with Crippen molar-refractivity contribution >= 4 is 0 Å². The summed E-state index contributed by atoms with van der Waals surface area (Å²) in [7, 11) is 1.99. The highest BCUT2D eigenvalue weighted by Crippen LogP contribution is 2.13. The summed E-state index contributed by atoms with van der Waals surface area (Å²) in [5.74, 6) is 0. The van der Waals surface area contributed by atoms with Gasteiger partial charge >= 0.3 is 0 Å². The molecular formula is C13H23NO2. The lowest BCUT2D eigenvalue weighted by Crippen LogP contribution is -2.41. The number of ether oxygens (including phenoxy) is 1. The molecule has 1 heterocycles. The van der Waals surface area contributed by atoms with Gasteiger partial charge in [-0.25, -0.2) is 0 Å². The first-order valence-electron chi connectivity index (χ1n) is 6.11. The predicted molar refractivity (Wildman–Crippen MR) is 65.6 cm³/mol. The largest absolute Gasteiger partial charge is 0.472 e. The van der Waals surface area contributed by atoms with Crippen LogP contribution in [0.3, 0.4) is 0 Å². The summed E-state index contributed by atoms with van der Waals surface area (Å²) in [6.07, 6.45) is 7.01. The van der Waals surface area contributed by atoms with Crippen LogP contribution in [0.5, 0.6) is 0 Å². The molecule has 0 saturated carbocycles. The van der Waals surface area contributed by atoms with E-state index in [9.17, 15) is 0 Å². The van der Waals surface area contributed by atoms with Crippen LogP contribution in [0.25, 0.3) is 0 Å². The van der Waals surface area contributed by atoms with Crippen LogP contribution in [-0.2, 0) is 11.2 Å². The molecule has 0 spiro atoms. The Labute approximate surface area is 98.2 Å². The van der Waals surface area contributed by atoms with Crippen LogP contribution in [0.4, 0.5) is 0 Å². The van der Waals surface area contributed by atoms with Crippen molar-refractivity contribution in [2.75, 3.05) is 13.7 Å². The number of hydrogen-bond acceptors (Lipinski definition) is 3. The molecule has 2 atom stereocenters. The summed E-state index contributed by atoms with van der Waals surface area (Å²) in [4.78, 5) is 0. The number of nitrogens with one attached hydrogen (secondary N) is 1. The Kier molecular flexibility index (Phi) is 6.19. The molecule has 0 fully saturated rings. The number of rotatable bonds is 8. The highest BCUT2D eigenvalue weighted by Gasteiger charge is 2.20. The van der Waals surface area contributed by atoms with Gasteiger partial charge in [-0.1, -0.05) is 13.3 Å². The van der Waals surface area contributed by atoms with Gasteiger partial charge in [0.25, 0.3) is 0 Å². The van der Waals surface area contributed by atoms with Gasteiger partial charge in [-0.2, -0.15) is 0 Å². The van der Waals surface area contributed by atoms with Gasteiger partial charge in [-0.05, 0) is 38.4 Å². The van der Waals surface area contributed by atoms with Gasteiger partial charge in [0.05, 0.1) is 18.6 Å². The summed E-state index contributed by atoms with van der Waals surface area (Å²) in [5.41, 5.74) is 1.22. The van der Waals surface area contributed by atoms with Crippen LogP contribution in [0.2, 0.25) is 0 Å². The van der Waals surface area contributed by atoms with Gasteiger partial charge in [-0.3, -0.25) is 0 Å². The summed E-state index contributed by atoms with van der Waals surface area (Å²) >= 11 is 0. The molecule has 16 heavy (non-hydrogen) atoms. The standard InChI is InChI=1S/C13H23NO2/c1-4-6-13(16-5-2)12(14-3)9-11-7-8-15-10-11/h7-8,10,12-14H,4-6,9H2,1-3H3. The van der Waals surface area contributed by atoms with Crippen LogP contribution >= 0.6 is 0 Å². The first-order chi connectivity index (χ1) is 7.81.